The van der Waals surface area contributed by atoms with Gasteiger partial charge in [-0.15, -0.1) is 0 Å². The predicted molar refractivity (Wildman–Crippen MR) is 132 cm³/mol. The quantitative estimate of drug-likeness (QED) is 0.339. The van der Waals surface area contributed by atoms with E-state index < -0.39 is 6.10 Å². The van der Waals surface area contributed by atoms with Gasteiger partial charge < -0.3 is 14.6 Å². The van der Waals surface area contributed by atoms with Crippen LogP contribution >= 0.6 is 0 Å². The SMILES string of the molecule is CCCCOCC(O)CN(Cc1c(-c2ccccc2)nn(C)c1Oc1cccc(F)c1)C(C)C. The molecule has 0 saturated carbocycles. The standard InChI is InChI=1S/C27H36FN3O3/c1-5-6-15-33-19-23(32)17-31(20(2)3)18-25-26(21-11-8-7-9-12-21)29-30(4)27(25)34-24-14-10-13-22(28)16-24/h7-14,16,20,23,32H,5-6,15,17-19H2,1-4H3. The summed E-state index contributed by atoms with van der Waals surface area (Å²) in [6.07, 6.45) is 1.44. The third-order valence-corrected chi connectivity index (χ3v) is 5.63. The fourth-order valence-corrected chi connectivity index (χ4v) is 3.74. The average molecular weight is 470 g/mol. The van der Waals surface area contributed by atoms with Gasteiger partial charge in [-0.05, 0) is 32.4 Å². The predicted octanol–water partition coefficient (Wildman–Crippen LogP) is 5.41. The highest BCUT2D eigenvalue weighted by molar-refractivity contribution is 5.65. The largest absolute Gasteiger partial charge is 0.439 e. The number of ether oxygens (including phenoxy) is 2. The van der Waals surface area contributed by atoms with Gasteiger partial charge in [-0.1, -0.05) is 49.7 Å². The second kappa shape index (κ2) is 12.6. The number of aryl methyl sites for hydroxylation is 1. The fraction of sp³-hybridized carbons (Fsp3) is 0.444. The second-order valence-electron chi connectivity index (χ2n) is 8.79. The van der Waals surface area contributed by atoms with E-state index in [-0.39, 0.29) is 11.9 Å². The van der Waals surface area contributed by atoms with Crippen LogP contribution in [0.5, 0.6) is 11.6 Å². The molecule has 1 atom stereocenters. The van der Waals surface area contributed by atoms with Gasteiger partial charge in [0.2, 0.25) is 5.88 Å². The zero-order valence-electron chi connectivity index (χ0n) is 20.6. The van der Waals surface area contributed by atoms with Crippen LogP contribution in [0, 0.1) is 5.82 Å². The number of aliphatic hydroxyl groups is 1. The van der Waals surface area contributed by atoms with Crippen molar-refractivity contribution in [3.05, 3.63) is 66.0 Å². The Hall–Kier alpha value is -2.74. The second-order valence-corrected chi connectivity index (χ2v) is 8.79. The first kappa shape index (κ1) is 25.9. The van der Waals surface area contributed by atoms with E-state index in [9.17, 15) is 9.50 Å². The molecule has 7 heteroatoms. The minimum absolute atomic E-state index is 0.163. The number of nitrogens with zero attached hydrogens (tertiary/aromatic N) is 3. The van der Waals surface area contributed by atoms with Crippen molar-refractivity contribution in [2.24, 2.45) is 7.05 Å². The van der Waals surface area contributed by atoms with Crippen molar-refractivity contribution in [3.63, 3.8) is 0 Å². The highest BCUT2D eigenvalue weighted by Crippen LogP contribution is 2.34. The number of hydrogen-bond donors (Lipinski definition) is 1. The molecule has 0 spiro atoms. The summed E-state index contributed by atoms with van der Waals surface area (Å²) < 4.78 is 27.3. The summed E-state index contributed by atoms with van der Waals surface area (Å²) in [4.78, 5) is 2.18. The minimum atomic E-state index is -0.608. The van der Waals surface area contributed by atoms with Gasteiger partial charge in [-0.3, -0.25) is 4.90 Å². The molecule has 0 aliphatic rings. The number of rotatable bonds is 13. The average Bonchev–Trinajstić information content (AvgIpc) is 3.12. The first-order valence-corrected chi connectivity index (χ1v) is 11.9. The molecule has 0 saturated heterocycles. The van der Waals surface area contributed by atoms with Gasteiger partial charge in [0.1, 0.15) is 17.3 Å². The molecule has 6 nitrogen and oxygen atoms in total. The Kier molecular flexibility index (Phi) is 9.62. The first-order valence-electron chi connectivity index (χ1n) is 11.9. The van der Waals surface area contributed by atoms with E-state index in [0.29, 0.717) is 37.9 Å². The normalized spacial score (nSPS) is 12.5. The van der Waals surface area contributed by atoms with E-state index in [2.05, 4.69) is 25.7 Å². The molecule has 3 aromatic rings. The molecule has 0 fully saturated rings. The number of hydrogen-bond acceptors (Lipinski definition) is 5. The molecule has 0 amide bonds. The van der Waals surface area contributed by atoms with Gasteiger partial charge in [0, 0.05) is 44.4 Å². The zero-order chi connectivity index (χ0) is 24.5. The summed E-state index contributed by atoms with van der Waals surface area (Å²) in [6.45, 7) is 8.21. The molecule has 1 heterocycles. The summed E-state index contributed by atoms with van der Waals surface area (Å²) in [5, 5.41) is 15.4. The van der Waals surface area contributed by atoms with Crippen LogP contribution in [0.25, 0.3) is 11.3 Å². The lowest BCUT2D eigenvalue weighted by Gasteiger charge is -2.29. The van der Waals surface area contributed by atoms with Crippen molar-refractivity contribution >= 4 is 0 Å². The van der Waals surface area contributed by atoms with Crippen LogP contribution in [0.4, 0.5) is 4.39 Å². The van der Waals surface area contributed by atoms with Crippen molar-refractivity contribution in [2.75, 3.05) is 19.8 Å². The summed E-state index contributed by atoms with van der Waals surface area (Å²) in [5.74, 6) is 0.590. The molecule has 184 valence electrons. The summed E-state index contributed by atoms with van der Waals surface area (Å²) in [7, 11) is 1.82. The van der Waals surface area contributed by atoms with Crippen molar-refractivity contribution in [1.82, 2.24) is 14.7 Å². The van der Waals surface area contributed by atoms with Crippen LogP contribution in [0.3, 0.4) is 0 Å². The van der Waals surface area contributed by atoms with E-state index in [1.165, 1.54) is 12.1 Å². The lowest BCUT2D eigenvalue weighted by molar-refractivity contribution is 0.00848. The lowest BCUT2D eigenvalue weighted by Crippen LogP contribution is -2.39. The molecule has 1 unspecified atom stereocenters. The number of halogens is 1. The van der Waals surface area contributed by atoms with Crippen LogP contribution in [0.15, 0.2) is 54.6 Å². The van der Waals surface area contributed by atoms with Crippen LogP contribution in [0.1, 0.15) is 39.2 Å². The maximum Gasteiger partial charge on any atom is 0.222 e. The third-order valence-electron chi connectivity index (χ3n) is 5.63. The van der Waals surface area contributed by atoms with Crippen molar-refractivity contribution < 1.29 is 19.0 Å². The number of benzene rings is 2. The molecular formula is C27H36FN3O3. The number of unbranched alkanes of at least 4 members (excludes halogenated alkanes) is 1. The molecule has 0 radical (unpaired) electrons. The van der Waals surface area contributed by atoms with E-state index in [0.717, 1.165) is 29.7 Å². The first-order chi connectivity index (χ1) is 16.4. The van der Waals surface area contributed by atoms with E-state index >= 15 is 0 Å². The van der Waals surface area contributed by atoms with Crippen molar-refractivity contribution in [1.29, 1.82) is 0 Å². The Morgan fingerprint density at radius 1 is 1.12 bits per heavy atom. The summed E-state index contributed by atoms with van der Waals surface area (Å²) in [5.41, 5.74) is 2.65. The Morgan fingerprint density at radius 3 is 2.56 bits per heavy atom. The molecule has 1 aromatic heterocycles. The van der Waals surface area contributed by atoms with Crippen LogP contribution in [-0.4, -0.2) is 51.7 Å². The van der Waals surface area contributed by atoms with Gasteiger partial charge in [-0.25, -0.2) is 9.07 Å². The smallest absolute Gasteiger partial charge is 0.222 e. The Labute approximate surface area is 201 Å². The van der Waals surface area contributed by atoms with Gasteiger partial charge in [-0.2, -0.15) is 5.10 Å². The molecule has 34 heavy (non-hydrogen) atoms. The summed E-state index contributed by atoms with van der Waals surface area (Å²) >= 11 is 0. The molecule has 0 bridgehead atoms. The van der Waals surface area contributed by atoms with E-state index in [1.807, 2.05) is 37.4 Å². The fourth-order valence-electron chi connectivity index (χ4n) is 3.74. The maximum atomic E-state index is 13.8. The van der Waals surface area contributed by atoms with Gasteiger partial charge in [0.05, 0.1) is 18.3 Å². The molecular weight excluding hydrogens is 433 g/mol. The number of aliphatic hydroxyl groups excluding tert-OH is 1. The molecule has 2 aromatic carbocycles. The Morgan fingerprint density at radius 2 is 1.88 bits per heavy atom. The molecule has 1 N–H and O–H groups in total. The summed E-state index contributed by atoms with van der Waals surface area (Å²) in [6, 6.07) is 16.2. The van der Waals surface area contributed by atoms with Gasteiger partial charge in [0.25, 0.3) is 0 Å². The van der Waals surface area contributed by atoms with Crippen molar-refractivity contribution in [3.8, 4) is 22.9 Å². The molecule has 3 rings (SSSR count). The van der Waals surface area contributed by atoms with E-state index in [4.69, 9.17) is 14.6 Å². The van der Waals surface area contributed by atoms with Crippen LogP contribution in [-0.2, 0) is 18.3 Å². The van der Waals surface area contributed by atoms with Gasteiger partial charge >= 0.3 is 0 Å². The minimum Gasteiger partial charge on any atom is -0.439 e. The number of aromatic nitrogens is 2. The Bertz CT molecular complexity index is 1020. The highest BCUT2D eigenvalue weighted by Gasteiger charge is 2.24. The van der Waals surface area contributed by atoms with Crippen molar-refractivity contribution in [2.45, 2.75) is 52.3 Å². The molecule has 0 aliphatic carbocycles. The third kappa shape index (κ3) is 7.13. The Balaban J connectivity index is 1.89. The lowest BCUT2D eigenvalue weighted by atomic mass is 10.1. The zero-order valence-corrected chi connectivity index (χ0v) is 20.6. The highest BCUT2D eigenvalue weighted by atomic mass is 19.1. The van der Waals surface area contributed by atoms with Gasteiger partial charge in [0.15, 0.2) is 0 Å². The maximum absolute atomic E-state index is 13.8. The van der Waals surface area contributed by atoms with E-state index in [1.54, 1.807) is 16.8 Å². The van der Waals surface area contributed by atoms with Crippen LogP contribution < -0.4 is 4.74 Å². The molecule has 0 aliphatic heterocycles. The van der Waals surface area contributed by atoms with Crippen LogP contribution in [0.2, 0.25) is 0 Å². The topological polar surface area (TPSA) is 59.8 Å². The monoisotopic (exact) mass is 469 g/mol.